The molecule has 1 N–H and O–H groups in total. The quantitative estimate of drug-likeness (QED) is 0.919. The Labute approximate surface area is 116 Å². The first-order valence-corrected chi connectivity index (χ1v) is 6.71. The number of hydrogen-bond donors (Lipinski definition) is 1. The summed E-state index contributed by atoms with van der Waals surface area (Å²) in [5.74, 6) is -0.801. The van der Waals surface area contributed by atoms with E-state index in [-0.39, 0.29) is 17.7 Å². The number of aromatic carboxylic acids is 1. The summed E-state index contributed by atoms with van der Waals surface area (Å²) in [6.07, 6.45) is 3.51. The molecule has 3 rings (SSSR count). The maximum absolute atomic E-state index is 11.4. The summed E-state index contributed by atoms with van der Waals surface area (Å²) >= 11 is 0. The highest BCUT2D eigenvalue weighted by molar-refractivity contribution is 5.89. The van der Waals surface area contributed by atoms with Crippen molar-refractivity contribution in [2.45, 2.75) is 18.9 Å². The third-order valence-electron chi connectivity index (χ3n) is 3.64. The first-order valence-electron chi connectivity index (χ1n) is 6.71. The van der Waals surface area contributed by atoms with Crippen LogP contribution in [0.25, 0.3) is 5.65 Å². The van der Waals surface area contributed by atoms with Crippen molar-refractivity contribution in [2.75, 3.05) is 20.1 Å². The fourth-order valence-corrected chi connectivity index (χ4v) is 2.51. The van der Waals surface area contributed by atoms with Gasteiger partial charge >= 0.3 is 5.97 Å². The number of carboxylic acids is 1. The summed E-state index contributed by atoms with van der Waals surface area (Å²) in [6, 6.07) is 5.38. The smallest absolute Gasteiger partial charge is 0.358 e. The molecule has 1 aliphatic rings. The van der Waals surface area contributed by atoms with Gasteiger partial charge in [-0.2, -0.15) is 4.98 Å². The Bertz CT molecular complexity index is 630. The molecular formula is C14H17N3O3. The zero-order valence-electron chi connectivity index (χ0n) is 11.3. The number of piperidine rings is 1. The summed E-state index contributed by atoms with van der Waals surface area (Å²) in [5, 5.41) is 9.38. The van der Waals surface area contributed by atoms with E-state index in [0.717, 1.165) is 25.9 Å². The molecule has 0 unspecified atom stereocenters. The Morgan fingerprint density at radius 2 is 2.15 bits per heavy atom. The maximum Gasteiger partial charge on any atom is 0.358 e. The van der Waals surface area contributed by atoms with Crippen LogP contribution in [0.15, 0.2) is 24.4 Å². The van der Waals surface area contributed by atoms with Gasteiger partial charge in [0, 0.05) is 19.3 Å². The Morgan fingerprint density at radius 1 is 1.40 bits per heavy atom. The predicted octanol–water partition coefficient (Wildman–Crippen LogP) is 1.51. The molecule has 6 nitrogen and oxygen atoms in total. The number of carboxylic acid groups (broad SMARTS) is 1. The minimum atomic E-state index is -1.02. The molecule has 0 atom stereocenters. The molecule has 0 saturated carbocycles. The van der Waals surface area contributed by atoms with Gasteiger partial charge in [0.25, 0.3) is 0 Å². The molecule has 2 aromatic rings. The van der Waals surface area contributed by atoms with Crippen LogP contribution in [0, 0.1) is 0 Å². The van der Waals surface area contributed by atoms with Crippen molar-refractivity contribution in [3.63, 3.8) is 0 Å². The van der Waals surface area contributed by atoms with Gasteiger partial charge in [-0.1, -0.05) is 6.07 Å². The molecule has 0 spiro atoms. The monoisotopic (exact) mass is 275 g/mol. The molecule has 0 radical (unpaired) electrons. The van der Waals surface area contributed by atoms with Crippen molar-refractivity contribution in [1.29, 1.82) is 0 Å². The van der Waals surface area contributed by atoms with Crippen LogP contribution in [0.1, 0.15) is 23.3 Å². The van der Waals surface area contributed by atoms with Crippen LogP contribution in [-0.2, 0) is 0 Å². The highest BCUT2D eigenvalue weighted by atomic mass is 16.5. The van der Waals surface area contributed by atoms with E-state index < -0.39 is 5.97 Å². The number of pyridine rings is 1. The normalized spacial score (nSPS) is 17.4. The lowest BCUT2D eigenvalue weighted by Crippen LogP contribution is -2.35. The van der Waals surface area contributed by atoms with Crippen molar-refractivity contribution < 1.29 is 14.6 Å². The fourth-order valence-electron chi connectivity index (χ4n) is 2.51. The zero-order valence-corrected chi connectivity index (χ0v) is 11.3. The van der Waals surface area contributed by atoms with Gasteiger partial charge in [0.05, 0.1) is 0 Å². The largest absolute Gasteiger partial charge is 0.476 e. The molecule has 6 heteroatoms. The van der Waals surface area contributed by atoms with Crippen molar-refractivity contribution in [3.8, 4) is 5.88 Å². The Morgan fingerprint density at radius 3 is 2.85 bits per heavy atom. The number of fused-ring (bicyclic) bond motifs is 1. The number of carbonyl (C=O) groups is 1. The van der Waals surface area contributed by atoms with E-state index in [2.05, 4.69) is 16.9 Å². The van der Waals surface area contributed by atoms with Crippen molar-refractivity contribution >= 4 is 11.6 Å². The van der Waals surface area contributed by atoms with Crippen molar-refractivity contribution in [2.24, 2.45) is 0 Å². The van der Waals surface area contributed by atoms with E-state index in [1.54, 1.807) is 22.7 Å². The van der Waals surface area contributed by atoms with Crippen LogP contribution in [-0.4, -0.2) is 51.6 Å². The predicted molar refractivity (Wildman–Crippen MR) is 73.3 cm³/mol. The Balaban J connectivity index is 1.90. The number of imidazole rings is 1. The van der Waals surface area contributed by atoms with Gasteiger partial charge in [0.1, 0.15) is 11.8 Å². The molecule has 2 aromatic heterocycles. The highest BCUT2D eigenvalue weighted by Crippen LogP contribution is 2.23. The van der Waals surface area contributed by atoms with Crippen LogP contribution in [0.3, 0.4) is 0 Å². The average molecular weight is 275 g/mol. The molecule has 0 amide bonds. The second-order valence-electron chi connectivity index (χ2n) is 5.12. The van der Waals surface area contributed by atoms with Gasteiger partial charge < -0.3 is 14.7 Å². The molecule has 0 aromatic carbocycles. The average Bonchev–Trinajstić information content (AvgIpc) is 2.79. The Hall–Kier alpha value is -2.08. The van der Waals surface area contributed by atoms with E-state index >= 15 is 0 Å². The first kappa shape index (κ1) is 12.9. The third-order valence-corrected chi connectivity index (χ3v) is 3.64. The standard InChI is InChI=1S/C14H17N3O3/c1-16-8-5-10(6-9-16)20-13-12(14(18)19)17-7-3-2-4-11(17)15-13/h2-4,7,10H,5-6,8-9H2,1H3,(H,18,19). The molecule has 1 aliphatic heterocycles. The minimum Gasteiger partial charge on any atom is -0.476 e. The third kappa shape index (κ3) is 2.34. The molecule has 0 aliphatic carbocycles. The molecule has 20 heavy (non-hydrogen) atoms. The maximum atomic E-state index is 11.4. The van der Waals surface area contributed by atoms with Gasteiger partial charge in [-0.3, -0.25) is 4.40 Å². The zero-order chi connectivity index (χ0) is 14.1. The molecule has 1 fully saturated rings. The van der Waals surface area contributed by atoms with E-state index in [1.165, 1.54) is 0 Å². The minimum absolute atomic E-state index is 0.0363. The van der Waals surface area contributed by atoms with Gasteiger partial charge in [-0.05, 0) is 32.0 Å². The highest BCUT2D eigenvalue weighted by Gasteiger charge is 2.24. The van der Waals surface area contributed by atoms with Gasteiger partial charge in [-0.25, -0.2) is 4.79 Å². The summed E-state index contributed by atoms with van der Waals surface area (Å²) in [5.41, 5.74) is 0.687. The van der Waals surface area contributed by atoms with Crippen LogP contribution >= 0.6 is 0 Å². The van der Waals surface area contributed by atoms with Crippen LogP contribution in [0.2, 0.25) is 0 Å². The second kappa shape index (κ2) is 5.13. The number of rotatable bonds is 3. The van der Waals surface area contributed by atoms with Crippen LogP contribution < -0.4 is 4.74 Å². The van der Waals surface area contributed by atoms with Gasteiger partial charge in [-0.15, -0.1) is 0 Å². The van der Waals surface area contributed by atoms with Crippen molar-refractivity contribution in [1.82, 2.24) is 14.3 Å². The number of hydrogen-bond acceptors (Lipinski definition) is 4. The number of ether oxygens (including phenoxy) is 1. The molecule has 1 saturated heterocycles. The van der Waals surface area contributed by atoms with E-state index in [9.17, 15) is 9.90 Å². The molecule has 0 bridgehead atoms. The SMILES string of the molecule is CN1CCC(Oc2nc3ccccn3c2C(=O)O)CC1. The first-order chi connectivity index (χ1) is 9.65. The molecular weight excluding hydrogens is 258 g/mol. The van der Waals surface area contributed by atoms with Crippen LogP contribution in [0.4, 0.5) is 0 Å². The van der Waals surface area contributed by atoms with Crippen LogP contribution in [0.5, 0.6) is 5.88 Å². The number of likely N-dealkylation sites (tertiary alicyclic amines) is 1. The van der Waals surface area contributed by atoms with Crippen molar-refractivity contribution in [3.05, 3.63) is 30.1 Å². The number of nitrogens with zero attached hydrogens (tertiary/aromatic N) is 3. The summed E-state index contributed by atoms with van der Waals surface area (Å²) in [7, 11) is 2.07. The second-order valence-corrected chi connectivity index (χ2v) is 5.12. The lowest BCUT2D eigenvalue weighted by atomic mass is 10.1. The summed E-state index contributed by atoms with van der Waals surface area (Å²) < 4.78 is 7.39. The molecule has 106 valence electrons. The molecule has 3 heterocycles. The summed E-state index contributed by atoms with van der Waals surface area (Å²) in [6.45, 7) is 1.92. The number of aromatic nitrogens is 2. The Kier molecular flexibility index (Phi) is 3.31. The summed E-state index contributed by atoms with van der Waals surface area (Å²) in [4.78, 5) is 18.0. The fraction of sp³-hybridized carbons (Fsp3) is 0.429. The van der Waals surface area contributed by atoms with Gasteiger partial charge in [0.2, 0.25) is 5.88 Å². The topological polar surface area (TPSA) is 67.1 Å². The van der Waals surface area contributed by atoms with E-state index in [4.69, 9.17) is 4.74 Å². The lowest BCUT2D eigenvalue weighted by Gasteiger charge is -2.28. The lowest BCUT2D eigenvalue weighted by molar-refractivity contribution is 0.0670. The van der Waals surface area contributed by atoms with Gasteiger partial charge in [0.15, 0.2) is 5.69 Å². The van der Waals surface area contributed by atoms with E-state index in [1.807, 2.05) is 6.07 Å². The van der Waals surface area contributed by atoms with E-state index in [0.29, 0.717) is 5.65 Å².